The molecule has 0 aliphatic carbocycles. The quantitative estimate of drug-likeness (QED) is 0.338. The summed E-state index contributed by atoms with van der Waals surface area (Å²) in [5.41, 5.74) is 1.56. The smallest absolute Gasteiger partial charge is 0.257 e. The number of anilines is 1. The van der Waals surface area contributed by atoms with Crippen molar-refractivity contribution in [2.24, 2.45) is 0 Å². The lowest BCUT2D eigenvalue weighted by molar-refractivity contribution is 0.102. The molecule has 0 saturated heterocycles. The molecule has 1 amide bonds. The number of sulfonamides is 1. The molecule has 0 atom stereocenters. The van der Waals surface area contributed by atoms with E-state index in [0.717, 1.165) is 18.2 Å². The van der Waals surface area contributed by atoms with Gasteiger partial charge in [0.2, 0.25) is 10.0 Å². The molecule has 178 valence electrons. The van der Waals surface area contributed by atoms with Crippen LogP contribution in [0.25, 0.3) is 22.4 Å². The number of fused-ring (bicyclic) bond motifs is 1. The number of furan rings is 1. The first-order valence-corrected chi connectivity index (χ1v) is 13.1. The topological polar surface area (TPSA) is 102 Å². The van der Waals surface area contributed by atoms with Gasteiger partial charge in [0.05, 0.1) is 12.0 Å². The van der Waals surface area contributed by atoms with Crippen molar-refractivity contribution in [1.82, 2.24) is 9.29 Å². The standard InChI is InChI=1S/C24H25N3O5S2/c1-4-5-13-27(2)34(29,30)18-11-9-16(10-12-18)23(28)26-24-25-19(15-33-24)21-14-17-7-6-8-20(31-3)22(17)32-21/h6-12,14-15H,4-5,13H2,1-3H3,(H,25,26,28). The monoisotopic (exact) mass is 499 g/mol. The van der Waals surface area contributed by atoms with E-state index < -0.39 is 10.0 Å². The van der Waals surface area contributed by atoms with Crippen molar-refractivity contribution in [3.05, 3.63) is 59.5 Å². The van der Waals surface area contributed by atoms with Gasteiger partial charge in [0.1, 0.15) is 5.69 Å². The van der Waals surface area contributed by atoms with E-state index >= 15 is 0 Å². The molecule has 0 spiro atoms. The zero-order chi connectivity index (χ0) is 24.3. The van der Waals surface area contributed by atoms with Gasteiger partial charge >= 0.3 is 0 Å². The molecular weight excluding hydrogens is 474 g/mol. The molecule has 0 fully saturated rings. The Kier molecular flexibility index (Phi) is 7.01. The fourth-order valence-electron chi connectivity index (χ4n) is 3.40. The number of benzene rings is 2. The molecule has 0 bridgehead atoms. The Hall–Kier alpha value is -3.21. The number of ether oxygens (including phenoxy) is 1. The molecule has 2 aromatic carbocycles. The molecule has 0 aliphatic rings. The average molecular weight is 500 g/mol. The highest BCUT2D eigenvalue weighted by molar-refractivity contribution is 7.89. The van der Waals surface area contributed by atoms with Crippen LogP contribution in [0.1, 0.15) is 30.1 Å². The maximum absolute atomic E-state index is 12.7. The molecule has 4 rings (SSSR count). The molecule has 0 aliphatic heterocycles. The Bertz CT molecular complexity index is 1410. The Balaban J connectivity index is 1.47. The summed E-state index contributed by atoms with van der Waals surface area (Å²) in [6.45, 7) is 2.46. The summed E-state index contributed by atoms with van der Waals surface area (Å²) in [4.78, 5) is 17.3. The van der Waals surface area contributed by atoms with E-state index in [-0.39, 0.29) is 10.8 Å². The number of unbranched alkanes of at least 4 members (excludes halogenated alkanes) is 1. The molecule has 34 heavy (non-hydrogen) atoms. The van der Waals surface area contributed by atoms with Crippen LogP contribution in [0.5, 0.6) is 5.75 Å². The number of thiazole rings is 1. The third kappa shape index (κ3) is 4.84. The van der Waals surface area contributed by atoms with Gasteiger partial charge in [-0.2, -0.15) is 0 Å². The predicted octanol–water partition coefficient (Wildman–Crippen LogP) is 5.24. The largest absolute Gasteiger partial charge is 0.493 e. The number of nitrogens with zero attached hydrogens (tertiary/aromatic N) is 2. The van der Waals surface area contributed by atoms with Crippen LogP contribution in [-0.2, 0) is 10.0 Å². The Morgan fingerprint density at radius 2 is 1.97 bits per heavy atom. The molecule has 4 aromatic rings. The summed E-state index contributed by atoms with van der Waals surface area (Å²) < 4.78 is 37.9. The first-order chi connectivity index (χ1) is 16.3. The lowest BCUT2D eigenvalue weighted by Crippen LogP contribution is -2.28. The molecule has 2 heterocycles. The van der Waals surface area contributed by atoms with Gasteiger partial charge < -0.3 is 9.15 Å². The Morgan fingerprint density at radius 3 is 2.68 bits per heavy atom. The maximum atomic E-state index is 12.7. The van der Waals surface area contributed by atoms with Crippen LogP contribution in [0.15, 0.2) is 63.2 Å². The number of methoxy groups -OCH3 is 1. The summed E-state index contributed by atoms with van der Waals surface area (Å²) in [6.07, 6.45) is 1.69. The van der Waals surface area contributed by atoms with Crippen molar-refractivity contribution in [2.45, 2.75) is 24.7 Å². The van der Waals surface area contributed by atoms with Gasteiger partial charge in [0.15, 0.2) is 22.2 Å². The maximum Gasteiger partial charge on any atom is 0.257 e. The number of aromatic nitrogens is 1. The van der Waals surface area contributed by atoms with Gasteiger partial charge in [0.25, 0.3) is 5.91 Å². The molecule has 1 N–H and O–H groups in total. The lowest BCUT2D eigenvalue weighted by atomic mass is 10.2. The van der Waals surface area contributed by atoms with E-state index in [2.05, 4.69) is 10.3 Å². The van der Waals surface area contributed by atoms with Crippen LogP contribution in [0, 0.1) is 0 Å². The summed E-state index contributed by atoms with van der Waals surface area (Å²) in [7, 11) is -0.441. The molecular formula is C24H25N3O5S2. The third-order valence-electron chi connectivity index (χ3n) is 5.36. The molecule has 10 heteroatoms. The van der Waals surface area contributed by atoms with E-state index in [1.807, 2.05) is 31.2 Å². The SMILES string of the molecule is CCCCN(C)S(=O)(=O)c1ccc(C(=O)Nc2nc(-c3cc4cccc(OC)c4o3)cs2)cc1. The molecule has 2 aromatic heterocycles. The number of rotatable bonds is 9. The second-order valence-corrected chi connectivity index (χ2v) is 10.6. The molecule has 8 nitrogen and oxygen atoms in total. The van der Waals surface area contributed by atoms with Gasteiger partial charge in [0, 0.05) is 29.9 Å². The van der Waals surface area contributed by atoms with Crippen LogP contribution in [0.4, 0.5) is 5.13 Å². The van der Waals surface area contributed by atoms with Gasteiger partial charge in [-0.3, -0.25) is 10.1 Å². The van der Waals surface area contributed by atoms with E-state index in [1.165, 1.54) is 39.9 Å². The zero-order valence-corrected chi connectivity index (χ0v) is 20.7. The average Bonchev–Trinajstić information content (AvgIpc) is 3.49. The van der Waals surface area contributed by atoms with E-state index in [0.29, 0.717) is 40.0 Å². The first-order valence-electron chi connectivity index (χ1n) is 10.7. The van der Waals surface area contributed by atoms with Crippen LogP contribution in [0.3, 0.4) is 0 Å². The number of hydrogen-bond donors (Lipinski definition) is 1. The summed E-state index contributed by atoms with van der Waals surface area (Å²) >= 11 is 1.27. The second kappa shape index (κ2) is 9.96. The number of carbonyl (C=O) groups is 1. The zero-order valence-electron chi connectivity index (χ0n) is 19.1. The van der Waals surface area contributed by atoms with Crippen molar-refractivity contribution in [2.75, 3.05) is 26.0 Å². The van der Waals surface area contributed by atoms with Crippen LogP contribution in [0.2, 0.25) is 0 Å². The summed E-state index contributed by atoms with van der Waals surface area (Å²) in [5.74, 6) is 0.822. The number of carbonyl (C=O) groups excluding carboxylic acids is 1. The first kappa shape index (κ1) is 23.9. The van der Waals surface area contributed by atoms with E-state index in [1.54, 1.807) is 19.5 Å². The fraction of sp³-hybridized carbons (Fsp3) is 0.250. The molecule has 0 radical (unpaired) electrons. The number of amides is 1. The van der Waals surface area contributed by atoms with Crippen molar-refractivity contribution in [3.8, 4) is 17.2 Å². The highest BCUT2D eigenvalue weighted by atomic mass is 32.2. The van der Waals surface area contributed by atoms with Gasteiger partial charge in [-0.25, -0.2) is 17.7 Å². The van der Waals surface area contributed by atoms with Gasteiger partial charge in [-0.1, -0.05) is 25.5 Å². The van der Waals surface area contributed by atoms with Gasteiger partial charge in [-0.05, 0) is 42.8 Å². The minimum absolute atomic E-state index is 0.152. The van der Waals surface area contributed by atoms with E-state index in [9.17, 15) is 13.2 Å². The van der Waals surface area contributed by atoms with Crippen LogP contribution < -0.4 is 10.1 Å². The van der Waals surface area contributed by atoms with Gasteiger partial charge in [-0.15, -0.1) is 11.3 Å². The summed E-state index contributed by atoms with van der Waals surface area (Å²) in [6, 6.07) is 13.4. The lowest BCUT2D eigenvalue weighted by Gasteiger charge is -2.16. The van der Waals surface area contributed by atoms with Crippen molar-refractivity contribution < 1.29 is 22.4 Å². The fourth-order valence-corrected chi connectivity index (χ4v) is 5.30. The number of hydrogen-bond acceptors (Lipinski definition) is 7. The molecule has 0 saturated carbocycles. The predicted molar refractivity (Wildman–Crippen MR) is 133 cm³/mol. The molecule has 0 unspecified atom stereocenters. The van der Waals surface area contributed by atoms with Crippen molar-refractivity contribution >= 4 is 43.4 Å². The number of para-hydroxylation sites is 1. The normalized spacial score (nSPS) is 11.8. The van der Waals surface area contributed by atoms with Crippen molar-refractivity contribution in [3.63, 3.8) is 0 Å². The highest BCUT2D eigenvalue weighted by Gasteiger charge is 2.21. The minimum Gasteiger partial charge on any atom is -0.493 e. The summed E-state index contributed by atoms with van der Waals surface area (Å²) in [5, 5.41) is 5.85. The Morgan fingerprint density at radius 1 is 1.21 bits per heavy atom. The van der Waals surface area contributed by atoms with Crippen LogP contribution >= 0.6 is 11.3 Å². The third-order valence-corrected chi connectivity index (χ3v) is 7.99. The van der Waals surface area contributed by atoms with E-state index in [4.69, 9.17) is 9.15 Å². The number of nitrogens with one attached hydrogen (secondary N) is 1. The Labute approximate surface area is 202 Å². The van der Waals surface area contributed by atoms with Crippen LogP contribution in [-0.4, -0.2) is 44.3 Å². The second-order valence-electron chi connectivity index (χ2n) is 7.69. The minimum atomic E-state index is -3.58. The highest BCUT2D eigenvalue weighted by Crippen LogP contribution is 2.34. The van der Waals surface area contributed by atoms with Crippen molar-refractivity contribution in [1.29, 1.82) is 0 Å².